The lowest BCUT2D eigenvalue weighted by Gasteiger charge is -2.46. The number of alkyl halides is 2. The van der Waals surface area contributed by atoms with Gasteiger partial charge in [-0.25, -0.2) is 0 Å². The summed E-state index contributed by atoms with van der Waals surface area (Å²) < 4.78 is 4.50. The van der Waals surface area contributed by atoms with Crippen LogP contribution >= 0.6 is 23.2 Å². The van der Waals surface area contributed by atoms with E-state index in [-0.39, 0.29) is 17.8 Å². The lowest BCUT2D eigenvalue weighted by Crippen LogP contribution is -2.48. The molecule has 18 heavy (non-hydrogen) atoms. The topological polar surface area (TPSA) is 26.3 Å². The Balaban J connectivity index is 2.05. The van der Waals surface area contributed by atoms with E-state index in [1.165, 1.54) is 0 Å². The fourth-order valence-electron chi connectivity index (χ4n) is 3.07. The highest BCUT2D eigenvalue weighted by Gasteiger charge is 2.50. The third-order valence-electron chi connectivity index (χ3n) is 4.13. The Morgan fingerprint density at radius 1 is 1.50 bits per heavy atom. The molecular weight excluding hydrogens is 271 g/mol. The van der Waals surface area contributed by atoms with Gasteiger partial charge in [-0.2, -0.15) is 0 Å². The summed E-state index contributed by atoms with van der Waals surface area (Å²) in [5.74, 6) is 0.557. The van der Waals surface area contributed by atoms with Gasteiger partial charge in [0.2, 0.25) is 5.78 Å². The third kappa shape index (κ3) is 2.71. The molecule has 2 bridgehead atoms. The Morgan fingerprint density at radius 2 is 2.22 bits per heavy atom. The van der Waals surface area contributed by atoms with Gasteiger partial charge >= 0.3 is 0 Å². The molecule has 102 valence electrons. The molecule has 2 heterocycles. The van der Waals surface area contributed by atoms with E-state index < -0.39 is 4.33 Å². The van der Waals surface area contributed by atoms with Crippen molar-refractivity contribution in [2.45, 2.75) is 55.9 Å². The van der Waals surface area contributed by atoms with Gasteiger partial charge in [-0.1, -0.05) is 43.5 Å². The van der Waals surface area contributed by atoms with Crippen LogP contribution in [0.2, 0.25) is 0 Å². The monoisotopic (exact) mass is 290 g/mol. The molecule has 0 aromatic rings. The average molecular weight is 291 g/mol. The van der Waals surface area contributed by atoms with Crippen molar-refractivity contribution < 1.29 is 9.53 Å². The predicted octanol–water partition coefficient (Wildman–Crippen LogP) is 4.10. The zero-order chi connectivity index (χ0) is 13.3. The molecule has 3 atom stereocenters. The molecule has 2 aliphatic heterocycles. The van der Waals surface area contributed by atoms with E-state index in [0.29, 0.717) is 24.9 Å². The molecule has 1 saturated carbocycles. The van der Waals surface area contributed by atoms with E-state index in [1.807, 2.05) is 0 Å². The fourth-order valence-corrected chi connectivity index (χ4v) is 3.53. The summed E-state index contributed by atoms with van der Waals surface area (Å²) in [4.78, 5) is 12.3. The largest absolute Gasteiger partial charge is 0.360 e. The first-order valence-corrected chi connectivity index (χ1v) is 7.50. The minimum Gasteiger partial charge on any atom is -0.360 e. The number of hydrogen-bond donors (Lipinski definition) is 0. The molecule has 2 nitrogen and oxygen atoms in total. The van der Waals surface area contributed by atoms with E-state index in [1.54, 1.807) is 0 Å². The molecular formula is C14H20Cl2O2. The van der Waals surface area contributed by atoms with Crippen LogP contribution in [0.5, 0.6) is 0 Å². The standard InChI is InChI=1S/C14H20Cl2O2/c1-3-7-14(15,16)13(17)12-10-5-6-11(18-12)9(4-2)8-10/h9-11H,1,3-8H2,2H3. The van der Waals surface area contributed by atoms with Gasteiger partial charge in [0.15, 0.2) is 10.4 Å². The van der Waals surface area contributed by atoms with Crippen molar-refractivity contribution in [2.75, 3.05) is 0 Å². The molecule has 3 fully saturated rings. The van der Waals surface area contributed by atoms with Crippen molar-refractivity contribution in [1.29, 1.82) is 0 Å². The number of halogens is 2. The normalized spacial score (nSPS) is 32.8. The van der Waals surface area contributed by atoms with Gasteiger partial charge in [0, 0.05) is 0 Å². The van der Waals surface area contributed by atoms with Crippen molar-refractivity contribution in [3.05, 3.63) is 13.0 Å². The summed E-state index contributed by atoms with van der Waals surface area (Å²) in [5, 5.41) is 0. The van der Waals surface area contributed by atoms with Gasteiger partial charge in [0.25, 0.3) is 0 Å². The summed E-state index contributed by atoms with van der Waals surface area (Å²) >= 11 is 12.2. The lowest BCUT2D eigenvalue weighted by molar-refractivity contribution is -0.143. The van der Waals surface area contributed by atoms with Gasteiger partial charge in [-0.3, -0.25) is 4.79 Å². The maximum atomic E-state index is 12.3. The van der Waals surface area contributed by atoms with Crippen LogP contribution in [0.15, 0.2) is 0 Å². The van der Waals surface area contributed by atoms with Crippen LogP contribution < -0.4 is 0 Å². The highest BCUT2D eigenvalue weighted by atomic mass is 35.5. The van der Waals surface area contributed by atoms with Crippen LogP contribution in [0.25, 0.3) is 0 Å². The summed E-state index contributed by atoms with van der Waals surface area (Å²) in [6.07, 6.45) is 5.83. The zero-order valence-corrected chi connectivity index (χ0v) is 12.3. The van der Waals surface area contributed by atoms with Crippen LogP contribution in [0.4, 0.5) is 0 Å². The number of ketones is 1. The highest BCUT2D eigenvalue weighted by molar-refractivity contribution is 6.59. The molecule has 4 heteroatoms. The third-order valence-corrected chi connectivity index (χ3v) is 4.85. The number of carbonyl (C=O) groups excluding carboxylic acids is 1. The number of fused-ring (bicyclic) bond motifs is 3. The second-order valence-corrected chi connectivity index (χ2v) is 6.82. The number of hydrogen-bond acceptors (Lipinski definition) is 2. The second-order valence-electron chi connectivity index (χ2n) is 5.34. The van der Waals surface area contributed by atoms with Crippen LogP contribution in [0.1, 0.15) is 45.4 Å². The first kappa shape index (κ1) is 14.6. The van der Waals surface area contributed by atoms with Crippen LogP contribution in [-0.2, 0) is 9.53 Å². The van der Waals surface area contributed by atoms with Crippen molar-refractivity contribution in [2.24, 2.45) is 11.8 Å². The molecule has 3 aliphatic rings. The predicted molar refractivity (Wildman–Crippen MR) is 73.3 cm³/mol. The van der Waals surface area contributed by atoms with Gasteiger partial charge in [-0.15, -0.1) is 0 Å². The van der Waals surface area contributed by atoms with Crippen molar-refractivity contribution >= 4 is 29.0 Å². The van der Waals surface area contributed by atoms with Crippen molar-refractivity contribution in [1.82, 2.24) is 0 Å². The van der Waals surface area contributed by atoms with E-state index in [2.05, 4.69) is 13.8 Å². The average Bonchev–Trinajstić information content (AvgIpc) is 2.38. The molecule has 0 aromatic carbocycles. The summed E-state index contributed by atoms with van der Waals surface area (Å²) in [5.41, 5.74) is 0. The second kappa shape index (κ2) is 5.68. The van der Waals surface area contributed by atoms with E-state index in [9.17, 15) is 4.79 Å². The quantitative estimate of drug-likeness (QED) is 0.713. The molecule has 1 aliphatic carbocycles. The lowest BCUT2D eigenvalue weighted by atomic mass is 9.71. The molecule has 3 unspecified atom stereocenters. The van der Waals surface area contributed by atoms with E-state index in [0.717, 1.165) is 25.7 Å². The van der Waals surface area contributed by atoms with Gasteiger partial charge in [-0.05, 0) is 43.9 Å². The Morgan fingerprint density at radius 3 is 2.72 bits per heavy atom. The first-order chi connectivity index (χ1) is 8.49. The Labute approximate surface area is 119 Å². The van der Waals surface area contributed by atoms with E-state index in [4.69, 9.17) is 27.9 Å². The van der Waals surface area contributed by atoms with Gasteiger partial charge in [0.05, 0.1) is 6.10 Å². The van der Waals surface area contributed by atoms with E-state index >= 15 is 0 Å². The fraction of sp³-hybridized carbons (Fsp3) is 0.786. The maximum Gasteiger partial charge on any atom is 0.204 e. The highest BCUT2D eigenvalue weighted by Crippen LogP contribution is 2.48. The Hall–Kier alpha value is 0.210. The Bertz CT molecular complexity index is 317. The molecule has 0 amide bonds. The maximum absolute atomic E-state index is 12.3. The van der Waals surface area contributed by atoms with Crippen molar-refractivity contribution in [3.8, 4) is 0 Å². The zero-order valence-electron chi connectivity index (χ0n) is 10.8. The molecule has 3 rings (SSSR count). The van der Waals surface area contributed by atoms with Crippen molar-refractivity contribution in [3.63, 3.8) is 0 Å². The smallest absolute Gasteiger partial charge is 0.204 e. The SMILES string of the molecule is [CH2]CCC(Cl)(Cl)C(=O)[C]1OC2CCC1CC2CC. The minimum atomic E-state index is -1.36. The first-order valence-electron chi connectivity index (χ1n) is 6.75. The number of Topliss-reactive ketones (excluding diaryl/α,β-unsaturated/α-hetero) is 1. The van der Waals surface area contributed by atoms with Crippen LogP contribution in [0.3, 0.4) is 0 Å². The number of rotatable bonds is 5. The van der Waals surface area contributed by atoms with Crippen LogP contribution in [0, 0.1) is 24.9 Å². The van der Waals surface area contributed by atoms with Gasteiger partial charge < -0.3 is 4.74 Å². The molecule has 0 spiro atoms. The molecule has 2 radical (unpaired) electrons. The van der Waals surface area contributed by atoms with Gasteiger partial charge in [0.1, 0.15) is 0 Å². The summed E-state index contributed by atoms with van der Waals surface area (Å²) in [6.45, 7) is 5.87. The molecule has 0 N–H and O–H groups in total. The molecule has 0 aromatic heterocycles. The van der Waals surface area contributed by atoms with Crippen LogP contribution in [-0.4, -0.2) is 16.2 Å². The molecule has 2 saturated heterocycles. The number of carbonyl (C=O) groups is 1. The summed E-state index contributed by atoms with van der Waals surface area (Å²) in [6, 6.07) is 0. The number of ether oxygens (including phenoxy) is 1. The summed E-state index contributed by atoms with van der Waals surface area (Å²) in [7, 11) is 0. The minimum absolute atomic E-state index is 0.183. The Kier molecular flexibility index (Phi) is 4.61.